The van der Waals surface area contributed by atoms with Crippen LogP contribution in [-0.2, 0) is 9.53 Å². The number of benzene rings is 3. The second-order valence-corrected chi connectivity index (χ2v) is 7.93. The van der Waals surface area contributed by atoms with Crippen LogP contribution in [0.1, 0.15) is 52.1 Å². The van der Waals surface area contributed by atoms with Crippen LogP contribution in [0.5, 0.6) is 5.75 Å². The number of ether oxygens (including phenoxy) is 2. The first kappa shape index (κ1) is 23.0. The smallest absolute Gasteiger partial charge is 0.306 e. The van der Waals surface area contributed by atoms with Crippen molar-refractivity contribution in [3.8, 4) is 5.75 Å². The third-order valence-corrected chi connectivity index (χ3v) is 5.50. The summed E-state index contributed by atoms with van der Waals surface area (Å²) in [6, 6.07) is 23.4. The van der Waals surface area contributed by atoms with Crippen molar-refractivity contribution in [3.05, 3.63) is 102 Å². The Hall–Kier alpha value is -4.19. The minimum absolute atomic E-state index is 0.00977. The van der Waals surface area contributed by atoms with Gasteiger partial charge in [-0.2, -0.15) is 0 Å². The van der Waals surface area contributed by atoms with E-state index in [9.17, 15) is 14.4 Å². The van der Waals surface area contributed by atoms with E-state index >= 15 is 0 Å². The van der Waals surface area contributed by atoms with Gasteiger partial charge in [0.25, 0.3) is 0 Å². The number of para-hydroxylation sites is 1. The van der Waals surface area contributed by atoms with Gasteiger partial charge in [-0.1, -0.05) is 48.5 Å². The number of ketones is 2. The van der Waals surface area contributed by atoms with Crippen molar-refractivity contribution in [2.45, 2.75) is 25.9 Å². The molecule has 1 atom stereocenters. The molecule has 4 rings (SSSR count). The number of Topliss-reactive ketones (excluding diaryl/α,β-unsaturated/α-hetero) is 2. The second-order valence-electron chi connectivity index (χ2n) is 7.93. The Morgan fingerprint density at radius 1 is 0.882 bits per heavy atom. The maximum absolute atomic E-state index is 13.4. The summed E-state index contributed by atoms with van der Waals surface area (Å²) in [7, 11) is 0. The van der Waals surface area contributed by atoms with Gasteiger partial charge in [0.15, 0.2) is 11.9 Å². The number of carbonyl (C=O) groups is 3. The highest BCUT2D eigenvalue weighted by Crippen LogP contribution is 2.27. The number of carbonyl (C=O) groups excluding carboxylic acids is 3. The molecule has 3 aromatic carbocycles. The van der Waals surface area contributed by atoms with Crippen molar-refractivity contribution >= 4 is 28.4 Å². The fourth-order valence-corrected chi connectivity index (χ4v) is 3.70. The van der Waals surface area contributed by atoms with Gasteiger partial charge in [0.05, 0.1) is 6.61 Å². The molecular formula is C28H25NO5. The van der Waals surface area contributed by atoms with Crippen LogP contribution in [0, 0.1) is 0 Å². The molecule has 0 aliphatic heterocycles. The summed E-state index contributed by atoms with van der Waals surface area (Å²) in [6.07, 6.45) is 1.15. The fraction of sp³-hybridized carbons (Fsp3) is 0.179. The molecule has 1 heterocycles. The third kappa shape index (κ3) is 5.41. The summed E-state index contributed by atoms with van der Waals surface area (Å²) in [5.41, 5.74) is 2.56. The minimum atomic E-state index is -1.03. The number of esters is 1. The highest BCUT2D eigenvalue weighted by atomic mass is 16.5. The molecule has 1 N–H and O–H groups in total. The number of rotatable bonds is 10. The predicted octanol–water partition coefficient (Wildman–Crippen LogP) is 5.70. The minimum Gasteiger partial charge on any atom is -0.494 e. The highest BCUT2D eigenvalue weighted by Gasteiger charge is 2.27. The lowest BCUT2D eigenvalue weighted by atomic mass is 9.99. The Kier molecular flexibility index (Phi) is 7.18. The van der Waals surface area contributed by atoms with Gasteiger partial charge < -0.3 is 14.5 Å². The Morgan fingerprint density at radius 3 is 2.32 bits per heavy atom. The normalized spacial score (nSPS) is 11.7. The number of hydrogen-bond donors (Lipinski definition) is 1. The average Bonchev–Trinajstić information content (AvgIpc) is 3.30. The monoisotopic (exact) mass is 455 g/mol. The van der Waals surface area contributed by atoms with Crippen molar-refractivity contribution < 1.29 is 23.9 Å². The number of fused-ring (bicyclic) bond motifs is 1. The van der Waals surface area contributed by atoms with Crippen LogP contribution in [0.15, 0.2) is 85.1 Å². The molecule has 1 unspecified atom stereocenters. The zero-order valence-electron chi connectivity index (χ0n) is 18.8. The van der Waals surface area contributed by atoms with Crippen LogP contribution < -0.4 is 4.74 Å². The summed E-state index contributed by atoms with van der Waals surface area (Å²) >= 11 is 0. The fourth-order valence-electron chi connectivity index (χ4n) is 3.70. The van der Waals surface area contributed by atoms with Gasteiger partial charge in [0.2, 0.25) is 5.78 Å². The summed E-state index contributed by atoms with van der Waals surface area (Å²) < 4.78 is 11.3. The average molecular weight is 456 g/mol. The standard InChI is InChI=1S/C28H25NO5/c1-19(30)20-13-15-22(16-14-20)33-17-7-12-26(31)34-28(21-8-3-2-4-9-21)27(32)24-18-29-25-11-6-5-10-23(24)25/h2-6,8-11,13-16,18,28-29H,7,12,17H2,1H3. The van der Waals surface area contributed by atoms with Gasteiger partial charge in [-0.25, -0.2) is 0 Å². The Labute approximate surface area is 197 Å². The molecule has 0 saturated heterocycles. The Morgan fingerprint density at radius 2 is 1.59 bits per heavy atom. The molecule has 0 saturated carbocycles. The van der Waals surface area contributed by atoms with Crippen LogP contribution in [0.25, 0.3) is 10.9 Å². The molecule has 172 valence electrons. The van der Waals surface area contributed by atoms with Crippen molar-refractivity contribution in [3.63, 3.8) is 0 Å². The number of aromatic nitrogens is 1. The van der Waals surface area contributed by atoms with Crippen molar-refractivity contribution in [1.29, 1.82) is 0 Å². The van der Waals surface area contributed by atoms with E-state index in [1.54, 1.807) is 42.6 Å². The Balaban J connectivity index is 1.39. The van der Waals surface area contributed by atoms with Crippen molar-refractivity contribution in [1.82, 2.24) is 4.98 Å². The SMILES string of the molecule is CC(=O)c1ccc(OCCCC(=O)OC(C(=O)c2c[nH]c3ccccc23)c2ccccc2)cc1. The number of hydrogen-bond acceptors (Lipinski definition) is 5. The van der Waals surface area contributed by atoms with Crippen LogP contribution in [0.3, 0.4) is 0 Å². The van der Waals surface area contributed by atoms with Gasteiger partial charge in [0.1, 0.15) is 5.75 Å². The molecule has 0 amide bonds. The second kappa shape index (κ2) is 10.6. The highest BCUT2D eigenvalue weighted by molar-refractivity contribution is 6.10. The lowest BCUT2D eigenvalue weighted by Crippen LogP contribution is -2.20. The van der Waals surface area contributed by atoms with Crippen LogP contribution in [-0.4, -0.2) is 29.1 Å². The van der Waals surface area contributed by atoms with Gasteiger partial charge in [-0.3, -0.25) is 14.4 Å². The van der Waals surface area contributed by atoms with Gasteiger partial charge in [-0.15, -0.1) is 0 Å². The van der Waals surface area contributed by atoms with Crippen LogP contribution in [0.2, 0.25) is 0 Å². The lowest BCUT2D eigenvalue weighted by Gasteiger charge is -2.17. The van der Waals surface area contributed by atoms with E-state index < -0.39 is 12.1 Å². The largest absolute Gasteiger partial charge is 0.494 e. The van der Waals surface area contributed by atoms with Crippen LogP contribution in [0.4, 0.5) is 0 Å². The van der Waals surface area contributed by atoms with E-state index in [0.717, 1.165) is 10.9 Å². The summed E-state index contributed by atoms with van der Waals surface area (Å²) in [5.74, 6) is -0.143. The van der Waals surface area contributed by atoms with Gasteiger partial charge in [-0.05, 0) is 43.7 Å². The number of H-pyrrole nitrogens is 1. The molecule has 4 aromatic rings. The zero-order chi connectivity index (χ0) is 23.9. The molecule has 0 aliphatic carbocycles. The van der Waals surface area contributed by atoms with Gasteiger partial charge in [0, 0.05) is 40.2 Å². The first-order chi connectivity index (χ1) is 16.5. The summed E-state index contributed by atoms with van der Waals surface area (Å²) in [6.45, 7) is 1.81. The first-order valence-corrected chi connectivity index (χ1v) is 11.1. The Bertz CT molecular complexity index is 1290. The van der Waals surface area contributed by atoms with Crippen molar-refractivity contribution in [2.24, 2.45) is 0 Å². The molecule has 6 nitrogen and oxygen atoms in total. The molecule has 6 heteroatoms. The predicted molar refractivity (Wildman–Crippen MR) is 129 cm³/mol. The molecular weight excluding hydrogens is 430 g/mol. The van der Waals surface area contributed by atoms with E-state index in [4.69, 9.17) is 9.47 Å². The van der Waals surface area contributed by atoms with Crippen LogP contribution >= 0.6 is 0 Å². The topological polar surface area (TPSA) is 85.5 Å². The van der Waals surface area contributed by atoms with E-state index in [-0.39, 0.29) is 18.0 Å². The number of aromatic amines is 1. The lowest BCUT2D eigenvalue weighted by molar-refractivity contribution is -0.147. The molecule has 1 aromatic heterocycles. The molecule has 34 heavy (non-hydrogen) atoms. The number of nitrogens with one attached hydrogen (secondary N) is 1. The van der Waals surface area contributed by atoms with E-state index in [0.29, 0.717) is 35.5 Å². The molecule has 0 radical (unpaired) electrons. The molecule has 0 spiro atoms. The van der Waals surface area contributed by atoms with E-state index in [1.807, 2.05) is 42.5 Å². The summed E-state index contributed by atoms with van der Waals surface area (Å²) in [4.78, 5) is 40.5. The summed E-state index contributed by atoms with van der Waals surface area (Å²) in [5, 5.41) is 0.786. The quantitative estimate of drug-likeness (QED) is 0.188. The van der Waals surface area contributed by atoms with Gasteiger partial charge >= 0.3 is 5.97 Å². The maximum Gasteiger partial charge on any atom is 0.306 e. The first-order valence-electron chi connectivity index (χ1n) is 11.1. The molecule has 0 aliphatic rings. The molecule has 0 bridgehead atoms. The van der Waals surface area contributed by atoms with Crippen molar-refractivity contribution in [2.75, 3.05) is 6.61 Å². The maximum atomic E-state index is 13.4. The zero-order valence-corrected chi connectivity index (χ0v) is 18.8. The van der Waals surface area contributed by atoms with E-state index in [2.05, 4.69) is 4.98 Å². The molecule has 0 fully saturated rings. The van der Waals surface area contributed by atoms with E-state index in [1.165, 1.54) is 6.92 Å². The third-order valence-electron chi connectivity index (χ3n) is 5.50.